The lowest BCUT2D eigenvalue weighted by Gasteiger charge is -2.13. The molecule has 1 aromatic heterocycles. The zero-order valence-electron chi connectivity index (χ0n) is 13.3. The third kappa shape index (κ3) is 3.92. The van der Waals surface area contributed by atoms with Gasteiger partial charge in [-0.25, -0.2) is 0 Å². The standard InChI is InChI=1S/C19H17BrN2O2/c1-14-9-18(12-23)21-22(14)11-16-10-17(20)7-8-19(16)24-13-15-5-3-2-4-6-15/h2-10,12H,11,13H2,1H3. The Morgan fingerprint density at radius 3 is 2.67 bits per heavy atom. The predicted octanol–water partition coefficient (Wildman–Crippen LogP) is 4.39. The summed E-state index contributed by atoms with van der Waals surface area (Å²) >= 11 is 3.50. The molecule has 0 atom stereocenters. The van der Waals surface area contributed by atoms with Gasteiger partial charge in [0, 0.05) is 15.7 Å². The van der Waals surface area contributed by atoms with E-state index >= 15 is 0 Å². The summed E-state index contributed by atoms with van der Waals surface area (Å²) in [7, 11) is 0. The van der Waals surface area contributed by atoms with E-state index in [0.29, 0.717) is 18.8 Å². The number of carbonyl (C=O) groups excluding carboxylic acids is 1. The molecule has 0 fully saturated rings. The van der Waals surface area contributed by atoms with E-state index in [4.69, 9.17) is 4.74 Å². The Hall–Kier alpha value is -2.40. The van der Waals surface area contributed by atoms with E-state index in [9.17, 15) is 4.79 Å². The van der Waals surface area contributed by atoms with Crippen LogP contribution in [0.5, 0.6) is 5.75 Å². The second-order valence-corrected chi connectivity index (χ2v) is 6.43. The molecular formula is C19H17BrN2O2. The minimum Gasteiger partial charge on any atom is -0.489 e. The van der Waals surface area contributed by atoms with Gasteiger partial charge in [0.1, 0.15) is 18.1 Å². The van der Waals surface area contributed by atoms with Crippen LogP contribution in [0.4, 0.5) is 0 Å². The molecule has 0 aliphatic rings. The van der Waals surface area contributed by atoms with E-state index in [0.717, 1.165) is 33.3 Å². The van der Waals surface area contributed by atoms with Gasteiger partial charge in [0.15, 0.2) is 6.29 Å². The molecule has 0 aliphatic heterocycles. The van der Waals surface area contributed by atoms with Crippen molar-refractivity contribution in [2.75, 3.05) is 0 Å². The molecule has 122 valence electrons. The van der Waals surface area contributed by atoms with Crippen LogP contribution in [-0.4, -0.2) is 16.1 Å². The molecule has 24 heavy (non-hydrogen) atoms. The fourth-order valence-corrected chi connectivity index (χ4v) is 2.87. The molecule has 0 radical (unpaired) electrons. The topological polar surface area (TPSA) is 44.1 Å². The van der Waals surface area contributed by atoms with Gasteiger partial charge in [-0.1, -0.05) is 46.3 Å². The van der Waals surface area contributed by atoms with Crippen LogP contribution < -0.4 is 4.74 Å². The molecule has 2 aromatic carbocycles. The van der Waals surface area contributed by atoms with Crippen molar-refractivity contribution in [2.45, 2.75) is 20.1 Å². The lowest BCUT2D eigenvalue weighted by atomic mass is 10.2. The fourth-order valence-electron chi connectivity index (χ4n) is 2.46. The predicted molar refractivity (Wildman–Crippen MR) is 96.4 cm³/mol. The van der Waals surface area contributed by atoms with Crippen LogP contribution in [0, 0.1) is 6.92 Å². The molecule has 0 saturated carbocycles. The molecule has 0 unspecified atom stereocenters. The number of hydrogen-bond acceptors (Lipinski definition) is 3. The molecule has 3 aromatic rings. The third-order valence-corrected chi connectivity index (χ3v) is 4.19. The SMILES string of the molecule is Cc1cc(C=O)nn1Cc1cc(Br)ccc1OCc1ccccc1. The zero-order chi connectivity index (χ0) is 16.9. The summed E-state index contributed by atoms with van der Waals surface area (Å²) in [5.41, 5.74) is 3.49. The molecule has 4 nitrogen and oxygen atoms in total. The average molecular weight is 385 g/mol. The van der Waals surface area contributed by atoms with Crippen molar-refractivity contribution in [3.63, 3.8) is 0 Å². The van der Waals surface area contributed by atoms with Gasteiger partial charge in [-0.2, -0.15) is 5.10 Å². The number of rotatable bonds is 6. The summed E-state index contributed by atoms with van der Waals surface area (Å²) in [4.78, 5) is 10.9. The van der Waals surface area contributed by atoms with Gasteiger partial charge in [-0.05, 0) is 36.8 Å². The number of benzene rings is 2. The third-order valence-electron chi connectivity index (χ3n) is 3.70. The number of nitrogens with zero attached hydrogens (tertiary/aromatic N) is 2. The van der Waals surface area contributed by atoms with Gasteiger partial charge in [0.05, 0.1) is 6.54 Å². The maximum atomic E-state index is 10.9. The highest BCUT2D eigenvalue weighted by atomic mass is 79.9. The van der Waals surface area contributed by atoms with Crippen molar-refractivity contribution < 1.29 is 9.53 Å². The summed E-state index contributed by atoms with van der Waals surface area (Å²) in [6, 6.07) is 17.7. The highest BCUT2D eigenvalue weighted by Gasteiger charge is 2.10. The monoisotopic (exact) mass is 384 g/mol. The average Bonchev–Trinajstić information content (AvgIpc) is 2.95. The van der Waals surface area contributed by atoms with Gasteiger partial charge in [-0.15, -0.1) is 0 Å². The minimum atomic E-state index is 0.439. The van der Waals surface area contributed by atoms with Gasteiger partial charge in [0.2, 0.25) is 0 Å². The Kier molecular flexibility index (Phi) is 5.11. The lowest BCUT2D eigenvalue weighted by Crippen LogP contribution is -2.07. The molecular weight excluding hydrogens is 368 g/mol. The van der Waals surface area contributed by atoms with Crippen LogP contribution in [0.3, 0.4) is 0 Å². The highest BCUT2D eigenvalue weighted by molar-refractivity contribution is 9.10. The maximum absolute atomic E-state index is 10.9. The summed E-state index contributed by atoms with van der Waals surface area (Å²) in [6.45, 7) is 2.98. The van der Waals surface area contributed by atoms with Crippen LogP contribution in [0.1, 0.15) is 27.3 Å². The Balaban J connectivity index is 1.82. The Labute approximate surface area is 149 Å². The van der Waals surface area contributed by atoms with E-state index in [2.05, 4.69) is 21.0 Å². The number of aryl methyl sites for hydroxylation is 1. The highest BCUT2D eigenvalue weighted by Crippen LogP contribution is 2.25. The first-order valence-corrected chi connectivity index (χ1v) is 8.40. The second kappa shape index (κ2) is 7.45. The maximum Gasteiger partial charge on any atom is 0.170 e. The van der Waals surface area contributed by atoms with Gasteiger partial charge in [-0.3, -0.25) is 9.48 Å². The van der Waals surface area contributed by atoms with Crippen LogP contribution in [0.15, 0.2) is 59.1 Å². The Morgan fingerprint density at radius 2 is 1.96 bits per heavy atom. The number of carbonyl (C=O) groups is 1. The first kappa shape index (κ1) is 16.5. The van der Waals surface area contributed by atoms with Crippen LogP contribution in [0.2, 0.25) is 0 Å². The van der Waals surface area contributed by atoms with Crippen molar-refractivity contribution in [3.8, 4) is 5.75 Å². The summed E-state index contributed by atoms with van der Waals surface area (Å²) in [5.74, 6) is 0.810. The van der Waals surface area contributed by atoms with Crippen LogP contribution in [0.25, 0.3) is 0 Å². The second-order valence-electron chi connectivity index (χ2n) is 5.51. The van der Waals surface area contributed by atoms with E-state index in [1.54, 1.807) is 10.7 Å². The largest absolute Gasteiger partial charge is 0.489 e. The Morgan fingerprint density at radius 1 is 1.17 bits per heavy atom. The minimum absolute atomic E-state index is 0.439. The van der Waals surface area contributed by atoms with E-state index in [-0.39, 0.29) is 0 Å². The van der Waals surface area contributed by atoms with Crippen LogP contribution in [-0.2, 0) is 13.2 Å². The zero-order valence-corrected chi connectivity index (χ0v) is 14.9. The molecule has 3 rings (SSSR count). The molecule has 0 bridgehead atoms. The van der Waals surface area contributed by atoms with Gasteiger partial charge in [0.25, 0.3) is 0 Å². The van der Waals surface area contributed by atoms with Crippen molar-refractivity contribution in [1.29, 1.82) is 0 Å². The van der Waals surface area contributed by atoms with Crippen molar-refractivity contribution in [2.24, 2.45) is 0 Å². The van der Waals surface area contributed by atoms with Crippen molar-refractivity contribution in [1.82, 2.24) is 9.78 Å². The number of aromatic nitrogens is 2. The lowest BCUT2D eigenvalue weighted by molar-refractivity contribution is 0.111. The molecule has 0 amide bonds. The van der Waals surface area contributed by atoms with Crippen molar-refractivity contribution >= 4 is 22.2 Å². The fraction of sp³-hybridized carbons (Fsp3) is 0.158. The van der Waals surface area contributed by atoms with Crippen LogP contribution >= 0.6 is 15.9 Å². The van der Waals surface area contributed by atoms with E-state index < -0.39 is 0 Å². The number of aldehydes is 1. The summed E-state index contributed by atoms with van der Waals surface area (Å²) in [6.07, 6.45) is 0.761. The van der Waals surface area contributed by atoms with Crippen molar-refractivity contribution in [3.05, 3.63) is 81.6 Å². The summed E-state index contributed by atoms with van der Waals surface area (Å²) in [5, 5.41) is 4.29. The number of hydrogen-bond donors (Lipinski definition) is 0. The molecule has 0 aliphatic carbocycles. The van der Waals surface area contributed by atoms with E-state index in [1.165, 1.54) is 0 Å². The molecule has 5 heteroatoms. The molecule has 1 heterocycles. The molecule has 0 N–H and O–H groups in total. The number of ether oxygens (including phenoxy) is 1. The quantitative estimate of drug-likeness (QED) is 0.591. The van der Waals surface area contributed by atoms with E-state index in [1.807, 2.05) is 55.5 Å². The smallest absolute Gasteiger partial charge is 0.170 e. The first-order valence-electron chi connectivity index (χ1n) is 7.60. The first-order chi connectivity index (χ1) is 11.7. The summed E-state index contributed by atoms with van der Waals surface area (Å²) < 4.78 is 8.78. The molecule has 0 saturated heterocycles. The van der Waals surface area contributed by atoms with Gasteiger partial charge >= 0.3 is 0 Å². The normalized spacial score (nSPS) is 10.6. The molecule has 0 spiro atoms. The number of halogens is 1. The Bertz CT molecular complexity index is 844. The van der Waals surface area contributed by atoms with Gasteiger partial charge < -0.3 is 4.74 Å².